The molecule has 1 aliphatic heterocycles. The van der Waals surface area contributed by atoms with Gasteiger partial charge >= 0.3 is 0 Å². The second kappa shape index (κ2) is 7.48. The van der Waals surface area contributed by atoms with Crippen molar-refractivity contribution >= 4 is 11.4 Å². The van der Waals surface area contributed by atoms with Crippen molar-refractivity contribution in [2.24, 2.45) is 0 Å². The Morgan fingerprint density at radius 3 is 2.43 bits per heavy atom. The molecule has 0 radical (unpaired) electrons. The quantitative estimate of drug-likeness (QED) is 0.523. The summed E-state index contributed by atoms with van der Waals surface area (Å²) >= 11 is 0. The van der Waals surface area contributed by atoms with Crippen LogP contribution < -0.4 is 4.74 Å². The standard InChI is InChI=1S/C25H21F2NO2/c1-15-11-16(12-22(29)24-20(26)8-6-9-21(24)27)28-14-19(15)18-13-25(2,3)30-23-10-5-4-7-17(18)23/h4-11,13-14H,12H2,1-3H3. The Bertz CT molecular complexity index is 1160. The normalized spacial score (nSPS) is 14.5. The first-order chi connectivity index (χ1) is 14.2. The van der Waals surface area contributed by atoms with Crippen LogP contribution in [0.4, 0.5) is 8.78 Å². The van der Waals surface area contributed by atoms with Crippen LogP contribution in [0.2, 0.25) is 0 Å². The first kappa shape index (κ1) is 20.0. The number of hydrogen-bond acceptors (Lipinski definition) is 3. The Hall–Kier alpha value is -3.34. The summed E-state index contributed by atoms with van der Waals surface area (Å²) in [7, 11) is 0. The number of ether oxygens (including phenoxy) is 1. The molecule has 4 rings (SSSR count). The molecule has 0 N–H and O–H groups in total. The summed E-state index contributed by atoms with van der Waals surface area (Å²) in [4.78, 5) is 16.9. The van der Waals surface area contributed by atoms with Gasteiger partial charge in [0, 0.05) is 23.0 Å². The summed E-state index contributed by atoms with van der Waals surface area (Å²) in [6.07, 6.45) is 3.59. The van der Waals surface area contributed by atoms with Crippen molar-refractivity contribution in [1.82, 2.24) is 4.98 Å². The lowest BCUT2D eigenvalue weighted by Crippen LogP contribution is -2.29. The fraction of sp³-hybridized carbons (Fsp3) is 0.200. The molecule has 0 atom stereocenters. The highest BCUT2D eigenvalue weighted by molar-refractivity contribution is 5.98. The van der Waals surface area contributed by atoms with Crippen LogP contribution in [0.25, 0.3) is 5.57 Å². The molecule has 5 heteroatoms. The van der Waals surface area contributed by atoms with Gasteiger partial charge in [0.1, 0.15) is 23.0 Å². The smallest absolute Gasteiger partial charge is 0.174 e. The summed E-state index contributed by atoms with van der Waals surface area (Å²) in [5, 5.41) is 0. The second-order valence-electron chi connectivity index (χ2n) is 7.95. The molecule has 0 amide bonds. The first-order valence-electron chi connectivity index (χ1n) is 9.69. The number of Topliss-reactive ketones (excluding diaryl/α,β-unsaturated/α-hetero) is 1. The topological polar surface area (TPSA) is 39.2 Å². The molecule has 3 aromatic rings. The molecule has 2 heterocycles. The third-order valence-electron chi connectivity index (χ3n) is 5.08. The molecular formula is C25H21F2NO2. The van der Waals surface area contributed by atoms with Crippen LogP contribution in [-0.2, 0) is 6.42 Å². The lowest BCUT2D eigenvalue weighted by Gasteiger charge is -2.31. The van der Waals surface area contributed by atoms with Gasteiger partial charge in [0.25, 0.3) is 0 Å². The van der Waals surface area contributed by atoms with Crippen LogP contribution in [0.3, 0.4) is 0 Å². The summed E-state index contributed by atoms with van der Waals surface area (Å²) in [5.41, 5.74) is 3.28. The molecule has 152 valence electrons. The fourth-order valence-electron chi connectivity index (χ4n) is 3.75. The monoisotopic (exact) mass is 405 g/mol. The average Bonchev–Trinajstić information content (AvgIpc) is 2.66. The van der Waals surface area contributed by atoms with Crippen molar-refractivity contribution in [1.29, 1.82) is 0 Å². The molecule has 0 aliphatic carbocycles. The van der Waals surface area contributed by atoms with Gasteiger partial charge < -0.3 is 4.74 Å². The van der Waals surface area contributed by atoms with Gasteiger partial charge in [0.2, 0.25) is 0 Å². The summed E-state index contributed by atoms with van der Waals surface area (Å²) in [6.45, 7) is 5.91. The van der Waals surface area contributed by atoms with E-state index in [1.54, 1.807) is 12.3 Å². The number of rotatable bonds is 4. The van der Waals surface area contributed by atoms with Gasteiger partial charge in [0.05, 0.1) is 12.0 Å². The molecule has 3 nitrogen and oxygen atoms in total. The van der Waals surface area contributed by atoms with E-state index in [2.05, 4.69) is 11.1 Å². The van der Waals surface area contributed by atoms with E-state index in [0.29, 0.717) is 5.69 Å². The predicted octanol–water partition coefficient (Wildman–Crippen LogP) is 5.70. The van der Waals surface area contributed by atoms with Gasteiger partial charge in [-0.2, -0.15) is 0 Å². The van der Waals surface area contributed by atoms with Crippen LogP contribution in [0.15, 0.2) is 60.8 Å². The Balaban J connectivity index is 1.67. The molecule has 1 aliphatic rings. The molecule has 0 spiro atoms. The van der Waals surface area contributed by atoms with Gasteiger partial charge in [-0.05, 0) is 62.2 Å². The predicted molar refractivity (Wildman–Crippen MR) is 112 cm³/mol. The maximum atomic E-state index is 13.9. The SMILES string of the molecule is Cc1cc(CC(=O)c2c(F)cccc2F)ncc1C1=CC(C)(C)Oc2ccccc21. The van der Waals surface area contributed by atoms with Crippen molar-refractivity contribution in [2.75, 3.05) is 0 Å². The molecule has 0 bridgehead atoms. The van der Waals surface area contributed by atoms with Gasteiger partial charge in [-0.1, -0.05) is 24.3 Å². The number of aryl methyl sites for hydroxylation is 1. The number of benzene rings is 2. The minimum atomic E-state index is -0.862. The Morgan fingerprint density at radius 2 is 1.73 bits per heavy atom. The fourth-order valence-corrected chi connectivity index (χ4v) is 3.75. The number of aromatic nitrogens is 1. The summed E-state index contributed by atoms with van der Waals surface area (Å²) < 4.78 is 33.9. The maximum Gasteiger partial charge on any atom is 0.174 e. The van der Waals surface area contributed by atoms with E-state index in [1.807, 2.05) is 45.0 Å². The molecule has 0 fully saturated rings. The van der Waals surface area contributed by atoms with Crippen molar-refractivity contribution in [3.05, 3.63) is 100 Å². The Morgan fingerprint density at radius 1 is 1.03 bits per heavy atom. The Labute approximate surface area is 174 Å². The van der Waals surface area contributed by atoms with Gasteiger partial charge in [0.15, 0.2) is 5.78 Å². The number of halogens is 2. The summed E-state index contributed by atoms with van der Waals surface area (Å²) in [5.74, 6) is -1.56. The van der Waals surface area contributed by atoms with Gasteiger partial charge in [-0.3, -0.25) is 9.78 Å². The Kier molecular flexibility index (Phi) is 4.98. The maximum absolute atomic E-state index is 13.9. The zero-order valence-corrected chi connectivity index (χ0v) is 17.0. The van der Waals surface area contributed by atoms with E-state index in [9.17, 15) is 13.6 Å². The van der Waals surface area contributed by atoms with Crippen LogP contribution in [-0.4, -0.2) is 16.4 Å². The number of para-hydroxylation sites is 1. The van der Waals surface area contributed by atoms with Crippen molar-refractivity contribution in [2.45, 2.75) is 32.8 Å². The second-order valence-corrected chi connectivity index (χ2v) is 7.95. The third kappa shape index (κ3) is 3.75. The van der Waals surface area contributed by atoms with Crippen molar-refractivity contribution in [3.8, 4) is 5.75 Å². The van der Waals surface area contributed by atoms with E-state index >= 15 is 0 Å². The number of pyridine rings is 1. The minimum absolute atomic E-state index is 0.177. The van der Waals surface area contributed by atoms with E-state index < -0.39 is 28.6 Å². The number of nitrogens with zero attached hydrogens (tertiary/aromatic N) is 1. The molecule has 0 unspecified atom stereocenters. The molecule has 2 aromatic carbocycles. The van der Waals surface area contributed by atoms with E-state index in [4.69, 9.17) is 4.74 Å². The number of fused-ring (bicyclic) bond motifs is 1. The lowest BCUT2D eigenvalue weighted by atomic mass is 9.88. The minimum Gasteiger partial charge on any atom is -0.483 e. The average molecular weight is 405 g/mol. The van der Waals surface area contributed by atoms with Crippen molar-refractivity contribution < 1.29 is 18.3 Å². The van der Waals surface area contributed by atoms with Crippen molar-refractivity contribution in [3.63, 3.8) is 0 Å². The zero-order chi connectivity index (χ0) is 21.5. The van der Waals surface area contributed by atoms with Gasteiger partial charge in [-0.15, -0.1) is 0 Å². The molecule has 30 heavy (non-hydrogen) atoms. The number of hydrogen-bond donors (Lipinski definition) is 0. The number of ketones is 1. The molecule has 0 saturated heterocycles. The summed E-state index contributed by atoms with van der Waals surface area (Å²) in [6, 6.07) is 13.0. The molecular weight excluding hydrogens is 384 g/mol. The zero-order valence-electron chi connectivity index (χ0n) is 17.0. The first-order valence-corrected chi connectivity index (χ1v) is 9.69. The third-order valence-corrected chi connectivity index (χ3v) is 5.08. The highest BCUT2D eigenvalue weighted by Gasteiger charge is 2.28. The lowest BCUT2D eigenvalue weighted by molar-refractivity contribution is 0.0984. The number of carbonyl (C=O) groups excluding carboxylic acids is 1. The molecule has 0 saturated carbocycles. The largest absolute Gasteiger partial charge is 0.483 e. The highest BCUT2D eigenvalue weighted by Crippen LogP contribution is 2.40. The van der Waals surface area contributed by atoms with E-state index in [1.165, 1.54) is 6.07 Å². The molecule has 1 aromatic heterocycles. The van der Waals surface area contributed by atoms with Crippen LogP contribution >= 0.6 is 0 Å². The van der Waals surface area contributed by atoms with E-state index in [0.717, 1.165) is 40.1 Å². The van der Waals surface area contributed by atoms with Gasteiger partial charge in [-0.25, -0.2) is 8.78 Å². The van der Waals surface area contributed by atoms with Crippen LogP contribution in [0.5, 0.6) is 5.75 Å². The van der Waals surface area contributed by atoms with Crippen LogP contribution in [0, 0.1) is 18.6 Å². The van der Waals surface area contributed by atoms with Crippen LogP contribution in [0.1, 0.15) is 46.6 Å². The van der Waals surface area contributed by atoms with E-state index in [-0.39, 0.29) is 6.42 Å². The number of carbonyl (C=O) groups is 1. The highest BCUT2D eigenvalue weighted by atomic mass is 19.1.